The minimum absolute atomic E-state index is 0.0126. The third-order valence-corrected chi connectivity index (χ3v) is 6.22. The van der Waals surface area contributed by atoms with Crippen LogP contribution in [0.25, 0.3) is 11.0 Å². The number of ether oxygens (including phenoxy) is 3. The molecule has 1 aromatic heterocycles. The third-order valence-electron chi connectivity index (χ3n) is 6.22. The summed E-state index contributed by atoms with van der Waals surface area (Å²) < 4.78 is 62.7. The van der Waals surface area contributed by atoms with Crippen LogP contribution >= 0.6 is 0 Å². The van der Waals surface area contributed by atoms with Gasteiger partial charge in [0.25, 0.3) is 5.76 Å². The summed E-state index contributed by atoms with van der Waals surface area (Å²) in [6.45, 7) is 2.95. The Morgan fingerprint density at radius 2 is 1.76 bits per heavy atom. The summed E-state index contributed by atoms with van der Waals surface area (Å²) in [6, 6.07) is 8.13. The molecule has 1 aliphatic rings. The Kier molecular flexibility index (Phi) is 7.63. The topological polar surface area (TPSA) is 98.4 Å². The number of carbonyl (C=O) groups excluding carboxylic acids is 1. The fourth-order valence-corrected chi connectivity index (χ4v) is 4.29. The van der Waals surface area contributed by atoms with Crippen LogP contribution in [-0.2, 0) is 22.3 Å². The van der Waals surface area contributed by atoms with Gasteiger partial charge in [-0.1, -0.05) is 0 Å². The van der Waals surface area contributed by atoms with Crippen LogP contribution in [0.1, 0.15) is 31.1 Å². The number of phenolic OH excluding ortho intramolecular Hbond substituents is 1. The number of methoxy groups -OCH3 is 1. The number of halogens is 3. The van der Waals surface area contributed by atoms with Gasteiger partial charge in [-0.05, 0) is 69.3 Å². The van der Waals surface area contributed by atoms with Crippen molar-refractivity contribution in [2.75, 3.05) is 26.8 Å². The summed E-state index contributed by atoms with van der Waals surface area (Å²) in [4.78, 5) is 27.1. The minimum atomic E-state index is -5.05. The number of nitrogens with zero attached hydrogens (tertiary/aromatic N) is 1. The van der Waals surface area contributed by atoms with Gasteiger partial charge >= 0.3 is 12.1 Å². The van der Waals surface area contributed by atoms with E-state index in [1.165, 1.54) is 43.5 Å². The molecule has 1 N–H and O–H groups in total. The van der Waals surface area contributed by atoms with Crippen molar-refractivity contribution in [1.82, 2.24) is 4.90 Å². The maximum Gasteiger partial charge on any atom is 0.453 e. The molecule has 4 rings (SSSR count). The number of hydrogen-bond donors (Lipinski definition) is 1. The quantitative estimate of drug-likeness (QED) is 0.429. The molecule has 37 heavy (non-hydrogen) atoms. The average molecular weight is 521 g/mol. The third kappa shape index (κ3) is 5.66. The number of hydrogen-bond acceptors (Lipinski definition) is 8. The summed E-state index contributed by atoms with van der Waals surface area (Å²) in [7, 11) is 1.44. The van der Waals surface area contributed by atoms with Crippen LogP contribution in [0.5, 0.6) is 23.0 Å². The molecule has 1 aliphatic heterocycles. The Hall–Kier alpha value is -3.73. The maximum atomic E-state index is 14.0. The largest absolute Gasteiger partial charge is 0.507 e. The normalized spacial score (nSPS) is 15.1. The van der Waals surface area contributed by atoms with Crippen LogP contribution in [0.2, 0.25) is 0 Å². The molecule has 2 heterocycles. The van der Waals surface area contributed by atoms with Gasteiger partial charge in [0.1, 0.15) is 22.8 Å². The van der Waals surface area contributed by atoms with Gasteiger partial charge in [-0.3, -0.25) is 14.5 Å². The van der Waals surface area contributed by atoms with Gasteiger partial charge < -0.3 is 23.7 Å². The van der Waals surface area contributed by atoms with E-state index in [0.717, 1.165) is 0 Å². The fourth-order valence-electron chi connectivity index (χ4n) is 4.29. The maximum absolute atomic E-state index is 14.0. The van der Waals surface area contributed by atoms with E-state index in [1.807, 2.05) is 4.90 Å². The van der Waals surface area contributed by atoms with E-state index < -0.39 is 23.1 Å². The molecule has 8 nitrogen and oxygen atoms in total. The van der Waals surface area contributed by atoms with E-state index in [4.69, 9.17) is 18.6 Å². The van der Waals surface area contributed by atoms with Crippen molar-refractivity contribution in [3.05, 3.63) is 57.9 Å². The van der Waals surface area contributed by atoms with Gasteiger partial charge in [-0.15, -0.1) is 0 Å². The summed E-state index contributed by atoms with van der Waals surface area (Å²) in [6.07, 6.45) is -4.04. The highest BCUT2D eigenvalue weighted by molar-refractivity contribution is 5.83. The molecule has 0 amide bonds. The lowest BCUT2D eigenvalue weighted by Gasteiger charge is -2.31. The van der Waals surface area contributed by atoms with E-state index in [2.05, 4.69) is 0 Å². The Balaban J connectivity index is 1.70. The highest BCUT2D eigenvalue weighted by Gasteiger charge is 2.41. The lowest BCUT2D eigenvalue weighted by molar-refractivity contribution is -0.154. The van der Waals surface area contributed by atoms with Crippen LogP contribution in [-0.4, -0.2) is 42.8 Å². The van der Waals surface area contributed by atoms with E-state index >= 15 is 0 Å². The molecular weight excluding hydrogens is 495 g/mol. The van der Waals surface area contributed by atoms with Crippen molar-refractivity contribution < 1.29 is 41.7 Å². The minimum Gasteiger partial charge on any atom is -0.507 e. The van der Waals surface area contributed by atoms with Crippen molar-refractivity contribution >= 4 is 16.9 Å². The van der Waals surface area contributed by atoms with Crippen LogP contribution in [0.15, 0.2) is 45.6 Å². The van der Waals surface area contributed by atoms with E-state index in [0.29, 0.717) is 31.7 Å². The van der Waals surface area contributed by atoms with Crippen LogP contribution < -0.4 is 14.9 Å². The first-order chi connectivity index (χ1) is 17.6. The van der Waals surface area contributed by atoms with E-state index in [-0.39, 0.29) is 53.1 Å². The molecule has 0 aliphatic carbocycles. The Morgan fingerprint density at radius 3 is 2.35 bits per heavy atom. The van der Waals surface area contributed by atoms with Crippen molar-refractivity contribution in [1.29, 1.82) is 0 Å². The molecule has 2 aromatic carbocycles. The second-order valence-electron chi connectivity index (χ2n) is 8.61. The van der Waals surface area contributed by atoms with Gasteiger partial charge in [0.05, 0.1) is 30.6 Å². The summed E-state index contributed by atoms with van der Waals surface area (Å²) in [5, 5.41) is 10.3. The molecule has 0 spiro atoms. The van der Waals surface area contributed by atoms with Crippen molar-refractivity contribution in [2.24, 2.45) is 5.92 Å². The van der Waals surface area contributed by atoms with Gasteiger partial charge in [0.2, 0.25) is 11.2 Å². The number of phenols is 1. The van der Waals surface area contributed by atoms with Gasteiger partial charge in [0, 0.05) is 6.54 Å². The zero-order valence-electron chi connectivity index (χ0n) is 20.3. The number of likely N-dealkylation sites (tertiary alicyclic amines) is 1. The van der Waals surface area contributed by atoms with Crippen molar-refractivity contribution in [3.63, 3.8) is 0 Å². The number of piperidine rings is 1. The lowest BCUT2D eigenvalue weighted by atomic mass is 9.96. The second kappa shape index (κ2) is 10.7. The number of carbonyl (C=O) groups is 1. The zero-order valence-corrected chi connectivity index (χ0v) is 20.3. The first-order valence-electron chi connectivity index (χ1n) is 11.7. The van der Waals surface area contributed by atoms with Gasteiger partial charge in [-0.25, -0.2) is 0 Å². The molecule has 3 aromatic rings. The molecule has 1 saturated heterocycles. The monoisotopic (exact) mass is 521 g/mol. The summed E-state index contributed by atoms with van der Waals surface area (Å²) in [5.41, 5.74) is -1.34. The molecule has 198 valence electrons. The lowest BCUT2D eigenvalue weighted by Crippen LogP contribution is -2.36. The van der Waals surface area contributed by atoms with Crippen LogP contribution in [0, 0.1) is 5.92 Å². The number of esters is 1. The number of benzene rings is 2. The predicted octanol–water partition coefficient (Wildman–Crippen LogP) is 5.09. The fraction of sp³-hybridized carbons (Fsp3) is 0.385. The molecule has 0 radical (unpaired) electrons. The zero-order chi connectivity index (χ0) is 26.7. The SMILES string of the molecule is CCOC(=O)C1CCN(Cc2c(O)ccc3c(=O)c(Oc4ccc(OC)cc4)c(C(F)(F)F)oc23)CC1. The predicted molar refractivity (Wildman–Crippen MR) is 127 cm³/mol. The average Bonchev–Trinajstić information content (AvgIpc) is 2.87. The van der Waals surface area contributed by atoms with E-state index in [9.17, 15) is 27.9 Å². The summed E-state index contributed by atoms with van der Waals surface area (Å²) >= 11 is 0. The number of aromatic hydroxyl groups is 1. The van der Waals surface area contributed by atoms with Crippen molar-refractivity contribution in [2.45, 2.75) is 32.5 Å². The molecule has 0 atom stereocenters. The highest BCUT2D eigenvalue weighted by atomic mass is 19.4. The summed E-state index contributed by atoms with van der Waals surface area (Å²) in [5.74, 6) is -3.00. The number of alkyl halides is 3. The van der Waals surface area contributed by atoms with Crippen LogP contribution in [0.4, 0.5) is 13.2 Å². The van der Waals surface area contributed by atoms with Gasteiger partial charge in [-0.2, -0.15) is 13.2 Å². The molecule has 11 heteroatoms. The van der Waals surface area contributed by atoms with Crippen LogP contribution in [0.3, 0.4) is 0 Å². The molecule has 1 fully saturated rings. The smallest absolute Gasteiger partial charge is 0.453 e. The van der Waals surface area contributed by atoms with Crippen molar-refractivity contribution in [3.8, 4) is 23.0 Å². The standard InChI is InChI=1S/C26H26F3NO7/c1-3-35-25(33)15-10-12-30(13-11-15)14-19-20(31)9-8-18-21(32)23(24(26(27,28)29)37-22(18)19)36-17-6-4-16(34-2)5-7-17/h4-9,15,31H,3,10-14H2,1-2H3. The second-order valence-corrected chi connectivity index (χ2v) is 8.61. The Labute approximate surface area is 210 Å². The molecular formula is C26H26F3NO7. The Morgan fingerprint density at radius 1 is 1.11 bits per heavy atom. The molecule has 0 saturated carbocycles. The molecule has 0 bridgehead atoms. The highest BCUT2D eigenvalue weighted by Crippen LogP contribution is 2.40. The first-order valence-corrected chi connectivity index (χ1v) is 11.7. The van der Waals surface area contributed by atoms with Gasteiger partial charge in [0.15, 0.2) is 0 Å². The first kappa shape index (κ1) is 26.3. The Bertz CT molecular complexity index is 1330. The number of fused-ring (bicyclic) bond motifs is 1. The molecule has 0 unspecified atom stereocenters. The number of rotatable bonds is 7. The van der Waals surface area contributed by atoms with E-state index in [1.54, 1.807) is 6.92 Å².